The fourth-order valence-corrected chi connectivity index (χ4v) is 0.927. The number of ether oxygens (including phenoxy) is 1. The van der Waals surface area contributed by atoms with E-state index in [2.05, 4.69) is 9.84 Å². The van der Waals surface area contributed by atoms with E-state index in [0.29, 0.717) is 11.7 Å². The second kappa shape index (κ2) is 4.28. The minimum atomic E-state index is -0.806. The van der Waals surface area contributed by atoms with Crippen LogP contribution in [0.4, 0.5) is 4.79 Å². The summed E-state index contributed by atoms with van der Waals surface area (Å²) >= 11 is 5.00. The van der Waals surface area contributed by atoms with Crippen LogP contribution in [0.3, 0.4) is 0 Å². The zero-order chi connectivity index (χ0) is 9.84. The number of halogens is 1. The second-order valence-electron chi connectivity index (χ2n) is 2.91. The third-order valence-electron chi connectivity index (χ3n) is 1.53. The molecule has 0 spiro atoms. The maximum absolute atomic E-state index is 10.3. The summed E-state index contributed by atoms with van der Waals surface area (Å²) in [6, 6.07) is 2.10. The van der Waals surface area contributed by atoms with Crippen LogP contribution >= 0.6 is 11.6 Å². The van der Waals surface area contributed by atoms with Gasteiger partial charge in [0.25, 0.3) is 0 Å². The average molecular weight is 203 g/mol. The first-order valence-electron chi connectivity index (χ1n) is 3.96. The molecule has 1 aromatic rings. The summed E-state index contributed by atoms with van der Waals surface area (Å²) in [5, 5.41) is 4.16. The Morgan fingerprint density at radius 1 is 1.77 bits per heavy atom. The first kappa shape index (κ1) is 10.1. The number of aromatic nitrogens is 2. The smallest absolute Gasteiger partial charge is 0.404 e. The normalized spacial score (nSPS) is 10.5. The molecule has 0 amide bonds. The van der Waals surface area contributed by atoms with Crippen LogP contribution in [-0.4, -0.2) is 15.2 Å². The Kier molecular flexibility index (Phi) is 3.31. The Hall–Kier alpha value is -1.03. The quantitative estimate of drug-likeness (QED) is 0.707. The number of hydrogen-bond acceptors (Lipinski definition) is 3. The Morgan fingerprint density at radius 2 is 2.46 bits per heavy atom. The van der Waals surface area contributed by atoms with Gasteiger partial charge in [-0.05, 0) is 19.9 Å². The molecular formula is C8H11ClN2O2. The summed E-state index contributed by atoms with van der Waals surface area (Å²) in [7, 11) is 0. The molecule has 0 saturated heterocycles. The van der Waals surface area contributed by atoms with E-state index in [1.165, 1.54) is 0 Å². The number of carbonyl (C=O) groups is 1. The Balaban J connectivity index is 2.54. The molecule has 0 aromatic carbocycles. The summed E-state index contributed by atoms with van der Waals surface area (Å²) in [4.78, 5) is 10.3. The fourth-order valence-electron chi connectivity index (χ4n) is 0.873. The molecule has 0 fully saturated rings. The van der Waals surface area contributed by atoms with Gasteiger partial charge in [0, 0.05) is 23.8 Å². The molecule has 0 bridgehead atoms. The third-order valence-corrected chi connectivity index (χ3v) is 1.64. The molecule has 0 radical (unpaired) electrons. The van der Waals surface area contributed by atoms with Crippen molar-refractivity contribution in [2.45, 2.75) is 26.5 Å². The molecule has 1 rings (SSSR count). The van der Waals surface area contributed by atoms with Gasteiger partial charge in [0.2, 0.25) is 0 Å². The number of carbonyl (C=O) groups excluding carboxylic acids is 1. The predicted molar refractivity (Wildman–Crippen MR) is 48.7 cm³/mol. The number of nitrogens with zero attached hydrogens (tertiary/aromatic N) is 2. The van der Waals surface area contributed by atoms with Crippen molar-refractivity contribution in [2.75, 3.05) is 0 Å². The molecule has 0 atom stereocenters. The lowest BCUT2D eigenvalue weighted by molar-refractivity contribution is 0.165. The molecule has 4 nitrogen and oxygen atoms in total. The summed E-state index contributed by atoms with van der Waals surface area (Å²) in [5.41, 5.74) is -0.109. The minimum absolute atomic E-state index is 0.127. The first-order chi connectivity index (χ1) is 6.09. The van der Waals surface area contributed by atoms with Crippen molar-refractivity contribution in [1.82, 2.24) is 9.78 Å². The lowest BCUT2D eigenvalue weighted by atomic mass is 10.4. The van der Waals surface area contributed by atoms with Crippen molar-refractivity contribution in [1.29, 1.82) is 0 Å². The topological polar surface area (TPSA) is 44.1 Å². The molecule has 0 N–H and O–H groups in total. The highest BCUT2D eigenvalue weighted by molar-refractivity contribution is 6.61. The highest BCUT2D eigenvalue weighted by atomic mass is 35.5. The van der Waals surface area contributed by atoms with Crippen LogP contribution in [0.15, 0.2) is 12.3 Å². The maximum Gasteiger partial charge on any atom is 0.404 e. The summed E-state index contributed by atoms with van der Waals surface area (Å²) in [6.45, 7) is 4.16. The largest absolute Gasteiger partial charge is 0.447 e. The van der Waals surface area contributed by atoms with Crippen molar-refractivity contribution in [3.8, 4) is 0 Å². The van der Waals surface area contributed by atoms with Gasteiger partial charge in [-0.3, -0.25) is 4.68 Å². The minimum Gasteiger partial charge on any atom is -0.447 e. The van der Waals surface area contributed by atoms with E-state index in [1.54, 1.807) is 10.7 Å². The average Bonchev–Trinajstić information content (AvgIpc) is 2.48. The van der Waals surface area contributed by atoms with Crippen LogP contribution in [0.2, 0.25) is 0 Å². The van der Waals surface area contributed by atoms with Crippen LogP contribution in [0.1, 0.15) is 25.6 Å². The van der Waals surface area contributed by atoms with Gasteiger partial charge in [0.15, 0.2) is 0 Å². The first-order valence-corrected chi connectivity index (χ1v) is 4.33. The maximum atomic E-state index is 10.3. The monoisotopic (exact) mass is 202 g/mol. The molecule has 0 unspecified atom stereocenters. The molecule has 0 aliphatic carbocycles. The fraction of sp³-hybridized carbons (Fsp3) is 0.500. The van der Waals surface area contributed by atoms with Crippen molar-refractivity contribution >= 4 is 17.0 Å². The lowest BCUT2D eigenvalue weighted by Crippen LogP contribution is -2.02. The van der Waals surface area contributed by atoms with E-state index in [9.17, 15) is 4.79 Å². The molecule has 0 aliphatic rings. The summed E-state index contributed by atoms with van der Waals surface area (Å²) < 4.78 is 6.36. The SMILES string of the molecule is CC(C)n1ccc(COC(=O)Cl)n1. The predicted octanol–water partition coefficient (Wildman–Crippen LogP) is 2.34. The third kappa shape index (κ3) is 3.06. The van der Waals surface area contributed by atoms with Gasteiger partial charge in [-0.25, -0.2) is 4.79 Å². The van der Waals surface area contributed by atoms with Crippen LogP contribution < -0.4 is 0 Å². The number of hydrogen-bond donors (Lipinski definition) is 0. The highest BCUT2D eigenvalue weighted by Crippen LogP contribution is 2.05. The van der Waals surface area contributed by atoms with Crippen molar-refractivity contribution in [2.24, 2.45) is 0 Å². The zero-order valence-corrected chi connectivity index (χ0v) is 8.28. The lowest BCUT2D eigenvalue weighted by Gasteiger charge is -2.03. The molecule has 0 aliphatic heterocycles. The number of rotatable bonds is 3. The van der Waals surface area contributed by atoms with Gasteiger partial charge in [-0.2, -0.15) is 5.10 Å². The van der Waals surface area contributed by atoms with Crippen LogP contribution in [0, 0.1) is 0 Å². The van der Waals surface area contributed by atoms with E-state index in [0.717, 1.165) is 0 Å². The van der Waals surface area contributed by atoms with Gasteiger partial charge >= 0.3 is 5.43 Å². The molecule has 0 saturated carbocycles. The van der Waals surface area contributed by atoms with Gasteiger partial charge in [-0.1, -0.05) is 0 Å². The molecular weight excluding hydrogens is 192 g/mol. The van der Waals surface area contributed by atoms with Crippen molar-refractivity contribution < 1.29 is 9.53 Å². The zero-order valence-electron chi connectivity index (χ0n) is 7.53. The van der Waals surface area contributed by atoms with E-state index < -0.39 is 5.43 Å². The summed E-state index contributed by atoms with van der Waals surface area (Å²) in [6.07, 6.45) is 1.84. The molecule has 72 valence electrons. The van der Waals surface area contributed by atoms with Gasteiger partial charge in [0.1, 0.15) is 6.61 Å². The van der Waals surface area contributed by atoms with Crippen LogP contribution in [-0.2, 0) is 11.3 Å². The van der Waals surface area contributed by atoms with Gasteiger partial charge in [0.05, 0.1) is 5.69 Å². The van der Waals surface area contributed by atoms with E-state index >= 15 is 0 Å². The van der Waals surface area contributed by atoms with Crippen molar-refractivity contribution in [3.63, 3.8) is 0 Å². The standard InChI is InChI=1S/C8H11ClN2O2/c1-6(2)11-4-3-7(10-11)5-13-8(9)12/h3-4,6H,5H2,1-2H3. The second-order valence-corrected chi connectivity index (χ2v) is 3.22. The van der Waals surface area contributed by atoms with Crippen LogP contribution in [0.5, 0.6) is 0 Å². The Bertz CT molecular complexity index is 296. The highest BCUT2D eigenvalue weighted by Gasteiger charge is 2.03. The molecule has 5 heteroatoms. The van der Waals surface area contributed by atoms with Gasteiger partial charge in [-0.15, -0.1) is 0 Å². The van der Waals surface area contributed by atoms with E-state index in [4.69, 9.17) is 11.6 Å². The molecule has 1 heterocycles. The Labute approximate surface area is 81.4 Å². The Morgan fingerprint density at radius 3 is 2.92 bits per heavy atom. The van der Waals surface area contributed by atoms with Gasteiger partial charge < -0.3 is 4.74 Å². The summed E-state index contributed by atoms with van der Waals surface area (Å²) in [5.74, 6) is 0. The van der Waals surface area contributed by atoms with Crippen molar-refractivity contribution in [3.05, 3.63) is 18.0 Å². The molecule has 1 aromatic heterocycles. The molecule has 13 heavy (non-hydrogen) atoms. The van der Waals surface area contributed by atoms with E-state index in [1.807, 2.05) is 20.0 Å². The van der Waals surface area contributed by atoms with Crippen LogP contribution in [0.25, 0.3) is 0 Å². The van der Waals surface area contributed by atoms with E-state index in [-0.39, 0.29) is 6.61 Å².